The van der Waals surface area contributed by atoms with E-state index in [-0.39, 0.29) is 29.8 Å². The lowest BCUT2D eigenvalue weighted by Gasteiger charge is -2.20. The van der Waals surface area contributed by atoms with Gasteiger partial charge in [-0.2, -0.15) is 0 Å². The molecule has 0 saturated heterocycles. The first kappa shape index (κ1) is 15.1. The van der Waals surface area contributed by atoms with Crippen molar-refractivity contribution >= 4 is 40.9 Å². The van der Waals surface area contributed by atoms with Gasteiger partial charge in [-0.05, 0) is 24.1 Å². The monoisotopic (exact) mass is 389 g/mol. The standard InChI is InChI=1S/C14H16FN3O.HI/c1-9-5-16-14(17-6-9)18-7-10-8-19-13-3-2-11(15)4-12(10)13;/h2-4,8-9H,5-7H2,1H3,(H2,16,17,18);1H. The molecule has 0 bridgehead atoms. The van der Waals surface area contributed by atoms with Crippen molar-refractivity contribution in [1.82, 2.24) is 10.6 Å². The topological polar surface area (TPSA) is 49.6 Å². The van der Waals surface area contributed by atoms with Gasteiger partial charge >= 0.3 is 0 Å². The van der Waals surface area contributed by atoms with Gasteiger partial charge < -0.3 is 15.1 Å². The van der Waals surface area contributed by atoms with E-state index >= 15 is 0 Å². The van der Waals surface area contributed by atoms with Crippen LogP contribution in [0.4, 0.5) is 4.39 Å². The lowest BCUT2D eigenvalue weighted by Crippen LogP contribution is -2.43. The summed E-state index contributed by atoms with van der Waals surface area (Å²) in [5.41, 5.74) is 1.63. The highest BCUT2D eigenvalue weighted by molar-refractivity contribution is 14.0. The summed E-state index contributed by atoms with van der Waals surface area (Å²) in [5, 5.41) is 7.24. The van der Waals surface area contributed by atoms with Gasteiger partial charge in [-0.15, -0.1) is 24.0 Å². The highest BCUT2D eigenvalue weighted by atomic mass is 127. The van der Waals surface area contributed by atoms with Gasteiger partial charge in [-0.25, -0.2) is 4.39 Å². The number of hydrogen-bond donors (Lipinski definition) is 2. The molecule has 2 heterocycles. The van der Waals surface area contributed by atoms with Crippen molar-refractivity contribution in [2.45, 2.75) is 13.5 Å². The fourth-order valence-corrected chi connectivity index (χ4v) is 2.13. The molecule has 1 atom stereocenters. The highest BCUT2D eigenvalue weighted by Gasteiger charge is 2.11. The predicted octanol–water partition coefficient (Wildman–Crippen LogP) is 2.87. The van der Waals surface area contributed by atoms with E-state index in [1.165, 1.54) is 12.1 Å². The van der Waals surface area contributed by atoms with Crippen molar-refractivity contribution in [2.24, 2.45) is 10.9 Å². The lowest BCUT2D eigenvalue weighted by molar-refractivity contribution is 0.541. The molecule has 1 unspecified atom stereocenters. The average Bonchev–Trinajstić information content (AvgIpc) is 2.80. The van der Waals surface area contributed by atoms with E-state index in [0.29, 0.717) is 18.0 Å². The first-order valence-corrected chi connectivity index (χ1v) is 6.40. The van der Waals surface area contributed by atoms with Crippen LogP contribution >= 0.6 is 24.0 Å². The Bertz CT molecular complexity index is 626. The SMILES string of the molecule is CC1CN=C(NCc2coc3ccc(F)cc23)NC1.I. The molecule has 1 aromatic heterocycles. The van der Waals surface area contributed by atoms with E-state index < -0.39 is 0 Å². The maximum atomic E-state index is 13.2. The lowest BCUT2D eigenvalue weighted by atomic mass is 10.1. The molecule has 0 amide bonds. The van der Waals surface area contributed by atoms with Crippen molar-refractivity contribution < 1.29 is 8.81 Å². The Morgan fingerprint density at radius 2 is 2.35 bits per heavy atom. The summed E-state index contributed by atoms with van der Waals surface area (Å²) in [4.78, 5) is 4.40. The molecule has 6 heteroatoms. The maximum Gasteiger partial charge on any atom is 0.191 e. The second-order valence-electron chi connectivity index (χ2n) is 4.93. The van der Waals surface area contributed by atoms with Crippen molar-refractivity contribution in [3.8, 4) is 0 Å². The molecular weight excluding hydrogens is 372 g/mol. The third-order valence-corrected chi connectivity index (χ3v) is 3.24. The van der Waals surface area contributed by atoms with Gasteiger partial charge in [-0.3, -0.25) is 4.99 Å². The van der Waals surface area contributed by atoms with Crippen molar-refractivity contribution in [3.05, 3.63) is 35.8 Å². The third-order valence-electron chi connectivity index (χ3n) is 3.24. The molecule has 0 saturated carbocycles. The zero-order chi connectivity index (χ0) is 13.2. The first-order chi connectivity index (χ1) is 9.22. The molecule has 20 heavy (non-hydrogen) atoms. The minimum atomic E-state index is -0.253. The van der Waals surface area contributed by atoms with Crippen LogP contribution in [0, 0.1) is 11.7 Å². The summed E-state index contributed by atoms with van der Waals surface area (Å²) < 4.78 is 18.6. The number of aliphatic imine (C=N–C) groups is 1. The van der Waals surface area contributed by atoms with Gasteiger partial charge in [0.1, 0.15) is 11.4 Å². The van der Waals surface area contributed by atoms with Crippen LogP contribution < -0.4 is 10.6 Å². The van der Waals surface area contributed by atoms with Crippen molar-refractivity contribution in [1.29, 1.82) is 0 Å². The Kier molecular flexibility index (Phi) is 4.85. The molecule has 1 aromatic carbocycles. The smallest absolute Gasteiger partial charge is 0.191 e. The number of nitrogens with zero attached hydrogens (tertiary/aromatic N) is 1. The van der Waals surface area contributed by atoms with Crippen LogP contribution in [0.5, 0.6) is 0 Å². The van der Waals surface area contributed by atoms with Crippen LogP contribution in [0.3, 0.4) is 0 Å². The molecule has 1 aliphatic heterocycles. The molecule has 0 radical (unpaired) electrons. The number of halogens is 2. The quantitative estimate of drug-likeness (QED) is 0.777. The van der Waals surface area contributed by atoms with Crippen LogP contribution in [0.15, 0.2) is 33.9 Å². The van der Waals surface area contributed by atoms with E-state index in [2.05, 4.69) is 22.5 Å². The van der Waals surface area contributed by atoms with Crippen LogP contribution in [-0.2, 0) is 6.54 Å². The van der Waals surface area contributed by atoms with Crippen LogP contribution in [0.1, 0.15) is 12.5 Å². The number of nitrogens with one attached hydrogen (secondary N) is 2. The van der Waals surface area contributed by atoms with Gasteiger partial charge in [0, 0.05) is 30.6 Å². The van der Waals surface area contributed by atoms with Gasteiger partial charge in [0.25, 0.3) is 0 Å². The third kappa shape index (κ3) is 3.23. The molecule has 3 rings (SSSR count). The van der Waals surface area contributed by atoms with Gasteiger partial charge in [0.05, 0.1) is 6.26 Å². The Morgan fingerprint density at radius 3 is 3.10 bits per heavy atom. The summed E-state index contributed by atoms with van der Waals surface area (Å²) in [6.45, 7) is 4.47. The Morgan fingerprint density at radius 1 is 1.50 bits per heavy atom. The average molecular weight is 389 g/mol. The number of fused-ring (bicyclic) bond motifs is 1. The Labute approximate surface area is 133 Å². The summed E-state index contributed by atoms with van der Waals surface area (Å²) >= 11 is 0. The predicted molar refractivity (Wildman–Crippen MR) is 87.9 cm³/mol. The van der Waals surface area contributed by atoms with Crippen molar-refractivity contribution in [2.75, 3.05) is 13.1 Å². The minimum Gasteiger partial charge on any atom is -0.464 e. The fourth-order valence-electron chi connectivity index (χ4n) is 2.13. The maximum absolute atomic E-state index is 13.2. The number of hydrogen-bond acceptors (Lipinski definition) is 4. The number of furan rings is 1. The largest absolute Gasteiger partial charge is 0.464 e. The fraction of sp³-hybridized carbons (Fsp3) is 0.357. The van der Waals surface area contributed by atoms with Gasteiger partial charge in [0.15, 0.2) is 5.96 Å². The Hall–Kier alpha value is -1.31. The van der Waals surface area contributed by atoms with Gasteiger partial charge in [0.2, 0.25) is 0 Å². The van der Waals surface area contributed by atoms with Gasteiger partial charge in [-0.1, -0.05) is 6.92 Å². The normalized spacial score (nSPS) is 18.1. The molecule has 0 aliphatic carbocycles. The highest BCUT2D eigenvalue weighted by Crippen LogP contribution is 2.21. The molecule has 2 aromatic rings. The number of benzene rings is 1. The minimum absolute atomic E-state index is 0. The molecule has 1 aliphatic rings. The van der Waals surface area contributed by atoms with Crippen LogP contribution in [0.2, 0.25) is 0 Å². The molecule has 108 valence electrons. The van der Waals surface area contributed by atoms with Crippen molar-refractivity contribution in [3.63, 3.8) is 0 Å². The summed E-state index contributed by atoms with van der Waals surface area (Å²) in [7, 11) is 0. The second kappa shape index (κ2) is 6.43. The molecule has 0 fully saturated rings. The van der Waals surface area contributed by atoms with E-state index in [1.807, 2.05) is 0 Å². The first-order valence-electron chi connectivity index (χ1n) is 6.40. The van der Waals surface area contributed by atoms with Crippen LogP contribution in [0.25, 0.3) is 11.0 Å². The summed E-state index contributed by atoms with van der Waals surface area (Å²) in [6, 6.07) is 4.54. The second-order valence-corrected chi connectivity index (χ2v) is 4.93. The zero-order valence-corrected chi connectivity index (χ0v) is 13.5. The Balaban J connectivity index is 0.00000147. The van der Waals surface area contributed by atoms with E-state index in [4.69, 9.17) is 4.42 Å². The van der Waals surface area contributed by atoms with Crippen LogP contribution in [-0.4, -0.2) is 19.0 Å². The molecule has 0 spiro atoms. The molecule has 2 N–H and O–H groups in total. The van der Waals surface area contributed by atoms with E-state index in [9.17, 15) is 4.39 Å². The number of guanidine groups is 1. The summed E-state index contributed by atoms with van der Waals surface area (Å²) in [5.74, 6) is 1.11. The zero-order valence-electron chi connectivity index (χ0n) is 11.1. The molecular formula is C14H17FIN3O. The molecule has 4 nitrogen and oxygen atoms in total. The summed E-state index contributed by atoms with van der Waals surface area (Å²) in [6.07, 6.45) is 1.66. The number of rotatable bonds is 2. The van der Waals surface area contributed by atoms with E-state index in [0.717, 1.165) is 30.0 Å². The van der Waals surface area contributed by atoms with E-state index in [1.54, 1.807) is 12.3 Å².